The predicted molar refractivity (Wildman–Crippen MR) is 100 cm³/mol. The molecule has 1 aromatic rings. The van der Waals surface area contributed by atoms with Crippen LogP contribution in [0.1, 0.15) is 38.3 Å². The first-order valence-electron chi connectivity index (χ1n) is 8.84. The molecule has 24 heavy (non-hydrogen) atoms. The van der Waals surface area contributed by atoms with E-state index in [1.54, 1.807) is 7.05 Å². The largest absolute Gasteiger partial charge is 0.381 e. The van der Waals surface area contributed by atoms with Crippen LogP contribution in [0.5, 0.6) is 0 Å². The number of benzene rings is 1. The summed E-state index contributed by atoms with van der Waals surface area (Å²) in [5.41, 5.74) is 2.44. The number of ether oxygens (including phenoxy) is 2. The van der Waals surface area contributed by atoms with E-state index < -0.39 is 0 Å². The summed E-state index contributed by atoms with van der Waals surface area (Å²) >= 11 is 0. The van der Waals surface area contributed by atoms with E-state index in [4.69, 9.17) is 9.47 Å². The van der Waals surface area contributed by atoms with Crippen molar-refractivity contribution in [1.29, 1.82) is 0 Å². The van der Waals surface area contributed by atoms with E-state index in [1.165, 1.54) is 11.1 Å². The van der Waals surface area contributed by atoms with Gasteiger partial charge in [0.05, 0.1) is 6.61 Å². The monoisotopic (exact) mass is 335 g/mol. The molecule has 2 N–H and O–H groups in total. The number of guanidine groups is 1. The normalized spacial score (nSPS) is 11.8. The summed E-state index contributed by atoms with van der Waals surface area (Å²) in [4.78, 5) is 4.26. The minimum Gasteiger partial charge on any atom is -0.381 e. The van der Waals surface area contributed by atoms with Crippen molar-refractivity contribution in [2.45, 2.75) is 40.3 Å². The maximum Gasteiger partial charge on any atom is 0.191 e. The van der Waals surface area contributed by atoms with Gasteiger partial charge in [0.25, 0.3) is 0 Å². The van der Waals surface area contributed by atoms with E-state index in [1.807, 2.05) is 13.0 Å². The molecule has 136 valence electrons. The summed E-state index contributed by atoms with van der Waals surface area (Å²) in [5.74, 6) is 1.40. The van der Waals surface area contributed by atoms with Gasteiger partial charge in [0.1, 0.15) is 0 Å². The Morgan fingerprint density at radius 1 is 1.12 bits per heavy atom. The quantitative estimate of drug-likeness (QED) is 0.371. The second-order valence-electron chi connectivity index (χ2n) is 6.08. The Morgan fingerprint density at radius 3 is 2.54 bits per heavy atom. The molecule has 0 atom stereocenters. The van der Waals surface area contributed by atoms with Crippen LogP contribution in [0.2, 0.25) is 0 Å². The minimum atomic E-state index is 0.587. The van der Waals surface area contributed by atoms with E-state index in [9.17, 15) is 0 Å². The van der Waals surface area contributed by atoms with Crippen LogP contribution in [0.25, 0.3) is 0 Å². The average molecular weight is 335 g/mol. The van der Waals surface area contributed by atoms with Crippen LogP contribution in [0, 0.1) is 5.92 Å². The van der Waals surface area contributed by atoms with Gasteiger partial charge in [0, 0.05) is 40.0 Å². The van der Waals surface area contributed by atoms with Gasteiger partial charge in [-0.3, -0.25) is 4.99 Å². The fourth-order valence-corrected chi connectivity index (χ4v) is 2.18. The molecular weight excluding hydrogens is 302 g/mol. The van der Waals surface area contributed by atoms with Crippen molar-refractivity contribution in [2.24, 2.45) is 10.9 Å². The second-order valence-corrected chi connectivity index (χ2v) is 6.08. The zero-order valence-corrected chi connectivity index (χ0v) is 15.6. The van der Waals surface area contributed by atoms with Crippen molar-refractivity contribution in [1.82, 2.24) is 10.6 Å². The molecule has 0 unspecified atom stereocenters. The van der Waals surface area contributed by atoms with Gasteiger partial charge in [0.15, 0.2) is 5.96 Å². The van der Waals surface area contributed by atoms with Crippen LogP contribution in [-0.4, -0.2) is 39.4 Å². The summed E-state index contributed by atoms with van der Waals surface area (Å²) in [6, 6.07) is 8.32. The molecule has 0 fully saturated rings. The van der Waals surface area contributed by atoms with Crippen molar-refractivity contribution < 1.29 is 9.47 Å². The summed E-state index contributed by atoms with van der Waals surface area (Å²) in [6.07, 6.45) is 0.967. The van der Waals surface area contributed by atoms with Gasteiger partial charge in [-0.05, 0) is 30.4 Å². The maximum absolute atomic E-state index is 5.58. The van der Waals surface area contributed by atoms with Crippen molar-refractivity contribution in [3.63, 3.8) is 0 Å². The van der Waals surface area contributed by atoms with Crippen LogP contribution in [0.15, 0.2) is 29.3 Å². The van der Waals surface area contributed by atoms with E-state index in [-0.39, 0.29) is 0 Å². The molecule has 0 spiro atoms. The lowest BCUT2D eigenvalue weighted by molar-refractivity contribution is 0.108. The fourth-order valence-electron chi connectivity index (χ4n) is 2.18. The van der Waals surface area contributed by atoms with E-state index in [2.05, 4.69) is 47.7 Å². The summed E-state index contributed by atoms with van der Waals surface area (Å²) in [7, 11) is 1.79. The van der Waals surface area contributed by atoms with Gasteiger partial charge < -0.3 is 20.1 Å². The average Bonchev–Trinajstić information content (AvgIpc) is 2.59. The molecule has 5 heteroatoms. The van der Waals surface area contributed by atoms with Crippen LogP contribution in [0.3, 0.4) is 0 Å². The summed E-state index contributed by atoms with van der Waals surface area (Å²) < 4.78 is 11.1. The zero-order valence-electron chi connectivity index (χ0n) is 15.6. The number of rotatable bonds is 11. The number of nitrogens with zero attached hydrogens (tertiary/aromatic N) is 1. The topological polar surface area (TPSA) is 54.9 Å². The molecule has 0 aliphatic carbocycles. The summed E-state index contributed by atoms with van der Waals surface area (Å²) in [5, 5.41) is 6.67. The minimum absolute atomic E-state index is 0.587. The fraction of sp³-hybridized carbons (Fsp3) is 0.632. The van der Waals surface area contributed by atoms with Crippen molar-refractivity contribution in [3.05, 3.63) is 35.4 Å². The van der Waals surface area contributed by atoms with Gasteiger partial charge in [-0.25, -0.2) is 0 Å². The summed E-state index contributed by atoms with van der Waals surface area (Å²) in [6.45, 7) is 10.9. The maximum atomic E-state index is 5.58. The van der Waals surface area contributed by atoms with Crippen LogP contribution >= 0.6 is 0 Å². The Morgan fingerprint density at radius 2 is 1.88 bits per heavy atom. The molecule has 0 radical (unpaired) electrons. The first-order chi connectivity index (χ1) is 11.7. The molecule has 0 aliphatic rings. The lowest BCUT2D eigenvalue weighted by atomic mass is 10.1. The lowest BCUT2D eigenvalue weighted by Crippen LogP contribution is -2.37. The first kappa shape index (κ1) is 20.5. The SMILES string of the molecule is CCOCc1ccccc1CNC(=NC)NCCCOCC(C)C. The molecule has 0 heterocycles. The van der Waals surface area contributed by atoms with E-state index in [0.717, 1.165) is 45.3 Å². The predicted octanol–water partition coefficient (Wildman–Crippen LogP) is 2.95. The van der Waals surface area contributed by atoms with Crippen LogP contribution < -0.4 is 10.6 Å². The van der Waals surface area contributed by atoms with Crippen molar-refractivity contribution >= 4 is 5.96 Å². The molecule has 0 aromatic heterocycles. The lowest BCUT2D eigenvalue weighted by Gasteiger charge is -2.14. The van der Waals surface area contributed by atoms with Crippen molar-refractivity contribution in [2.75, 3.05) is 33.4 Å². The highest BCUT2D eigenvalue weighted by Crippen LogP contribution is 2.09. The number of aliphatic imine (C=N–C) groups is 1. The molecule has 0 bridgehead atoms. The van der Waals surface area contributed by atoms with Gasteiger partial charge >= 0.3 is 0 Å². The molecule has 1 rings (SSSR count). The molecule has 0 saturated carbocycles. The molecular formula is C19H33N3O2. The highest BCUT2D eigenvalue weighted by atomic mass is 16.5. The third-order valence-electron chi connectivity index (χ3n) is 3.46. The Hall–Kier alpha value is -1.59. The third kappa shape index (κ3) is 8.89. The van der Waals surface area contributed by atoms with Crippen LogP contribution in [-0.2, 0) is 22.6 Å². The molecule has 1 aromatic carbocycles. The Kier molecular flexibility index (Phi) is 10.9. The molecule has 0 saturated heterocycles. The number of hydrogen-bond acceptors (Lipinski definition) is 3. The molecule has 0 amide bonds. The van der Waals surface area contributed by atoms with Gasteiger partial charge in [-0.1, -0.05) is 38.1 Å². The number of hydrogen-bond donors (Lipinski definition) is 2. The van der Waals surface area contributed by atoms with E-state index >= 15 is 0 Å². The first-order valence-corrected chi connectivity index (χ1v) is 8.84. The van der Waals surface area contributed by atoms with Crippen LogP contribution in [0.4, 0.5) is 0 Å². The van der Waals surface area contributed by atoms with E-state index in [0.29, 0.717) is 12.5 Å². The second kappa shape index (κ2) is 12.8. The third-order valence-corrected chi connectivity index (χ3v) is 3.46. The molecule has 0 aliphatic heterocycles. The highest BCUT2D eigenvalue weighted by Gasteiger charge is 2.03. The number of nitrogens with one attached hydrogen (secondary N) is 2. The van der Waals surface area contributed by atoms with Crippen molar-refractivity contribution in [3.8, 4) is 0 Å². The highest BCUT2D eigenvalue weighted by molar-refractivity contribution is 5.79. The van der Waals surface area contributed by atoms with Gasteiger partial charge in [0.2, 0.25) is 0 Å². The Bertz CT molecular complexity index is 475. The molecule has 5 nitrogen and oxygen atoms in total. The van der Waals surface area contributed by atoms with Gasteiger partial charge in [-0.2, -0.15) is 0 Å². The van der Waals surface area contributed by atoms with Gasteiger partial charge in [-0.15, -0.1) is 0 Å². The zero-order chi connectivity index (χ0) is 17.6. The Labute approximate surface area is 146 Å². The standard InChI is InChI=1S/C19H33N3O2/c1-5-23-15-18-10-7-6-9-17(18)13-22-19(20-4)21-11-8-12-24-14-16(2)3/h6-7,9-10,16H,5,8,11-15H2,1-4H3,(H2,20,21,22). The smallest absolute Gasteiger partial charge is 0.191 e. The Balaban J connectivity index is 2.31.